The number of fused-ring (bicyclic) bond motifs is 1. The number of halogens is 1. The molecule has 0 bridgehead atoms. The summed E-state index contributed by atoms with van der Waals surface area (Å²) in [5.74, 6) is -1.82. The maximum absolute atomic E-state index is 13.8. The first-order chi connectivity index (χ1) is 13.0. The monoisotopic (exact) mass is 365 g/mol. The quantitative estimate of drug-likeness (QED) is 0.723. The number of carbonyl (C=O) groups excluding carboxylic acids is 2. The number of aromatic nitrogens is 1. The van der Waals surface area contributed by atoms with Crippen molar-refractivity contribution in [3.8, 4) is 0 Å². The maximum Gasteiger partial charge on any atom is 0.254 e. The van der Waals surface area contributed by atoms with E-state index < -0.39 is 17.8 Å². The zero-order valence-electron chi connectivity index (χ0n) is 15.1. The van der Waals surface area contributed by atoms with Crippen LogP contribution < -0.4 is 10.6 Å². The second kappa shape index (κ2) is 7.95. The number of hydrogen-bond acceptors (Lipinski definition) is 3. The highest BCUT2D eigenvalue weighted by Gasteiger charge is 2.25. The predicted octanol–water partition coefficient (Wildman–Crippen LogP) is 3.77. The second-order valence-corrected chi connectivity index (χ2v) is 6.58. The van der Waals surface area contributed by atoms with Gasteiger partial charge in [0.2, 0.25) is 5.91 Å². The van der Waals surface area contributed by atoms with Crippen LogP contribution in [-0.2, 0) is 4.79 Å². The summed E-state index contributed by atoms with van der Waals surface area (Å²) in [5.41, 5.74) is 1.26. The van der Waals surface area contributed by atoms with Crippen molar-refractivity contribution in [1.82, 2.24) is 10.3 Å². The summed E-state index contributed by atoms with van der Waals surface area (Å²) in [5, 5.41) is 6.29. The first kappa shape index (κ1) is 18.5. The summed E-state index contributed by atoms with van der Waals surface area (Å²) in [6.07, 6.45) is 1.57. The van der Waals surface area contributed by atoms with Gasteiger partial charge in [-0.1, -0.05) is 44.2 Å². The van der Waals surface area contributed by atoms with E-state index >= 15 is 0 Å². The van der Waals surface area contributed by atoms with Crippen LogP contribution in [0.25, 0.3) is 10.9 Å². The number of amides is 2. The molecule has 138 valence electrons. The largest absolute Gasteiger partial charge is 0.340 e. The molecule has 0 fully saturated rings. The van der Waals surface area contributed by atoms with Gasteiger partial charge in [-0.05, 0) is 30.2 Å². The van der Waals surface area contributed by atoms with E-state index in [2.05, 4.69) is 15.6 Å². The van der Waals surface area contributed by atoms with Crippen molar-refractivity contribution in [2.45, 2.75) is 19.9 Å². The van der Waals surface area contributed by atoms with Crippen molar-refractivity contribution in [2.75, 3.05) is 5.32 Å². The normalized spacial score (nSPS) is 12.0. The molecule has 27 heavy (non-hydrogen) atoms. The number of carbonyl (C=O) groups is 2. The number of nitrogens with one attached hydrogen (secondary N) is 2. The van der Waals surface area contributed by atoms with Gasteiger partial charge in [0.05, 0.1) is 23.0 Å². The molecular weight excluding hydrogens is 345 g/mol. The van der Waals surface area contributed by atoms with Crippen LogP contribution in [0.2, 0.25) is 0 Å². The number of benzene rings is 2. The Morgan fingerprint density at radius 2 is 1.74 bits per heavy atom. The molecule has 3 rings (SSSR count). The Balaban J connectivity index is 1.76. The topological polar surface area (TPSA) is 71.1 Å². The minimum absolute atomic E-state index is 0.0941. The molecule has 6 heteroatoms. The van der Waals surface area contributed by atoms with Crippen LogP contribution in [0, 0.1) is 11.7 Å². The number of nitrogens with zero attached hydrogens (tertiary/aromatic N) is 1. The fraction of sp³-hybridized carbons (Fsp3) is 0.190. The van der Waals surface area contributed by atoms with E-state index in [-0.39, 0.29) is 17.4 Å². The van der Waals surface area contributed by atoms with Crippen LogP contribution in [0.15, 0.2) is 60.8 Å². The zero-order valence-corrected chi connectivity index (χ0v) is 15.1. The van der Waals surface area contributed by atoms with Gasteiger partial charge in [0.1, 0.15) is 11.9 Å². The molecule has 5 nitrogen and oxygen atoms in total. The van der Waals surface area contributed by atoms with Gasteiger partial charge in [0, 0.05) is 5.39 Å². The summed E-state index contributed by atoms with van der Waals surface area (Å²) in [7, 11) is 0. The van der Waals surface area contributed by atoms with Crippen molar-refractivity contribution in [2.24, 2.45) is 5.92 Å². The van der Waals surface area contributed by atoms with Crippen molar-refractivity contribution in [1.29, 1.82) is 0 Å². The van der Waals surface area contributed by atoms with Crippen LogP contribution in [0.1, 0.15) is 24.2 Å². The van der Waals surface area contributed by atoms with Gasteiger partial charge >= 0.3 is 0 Å². The number of pyridine rings is 1. The fourth-order valence-corrected chi connectivity index (χ4v) is 2.76. The molecule has 0 aliphatic carbocycles. The Morgan fingerprint density at radius 1 is 1.04 bits per heavy atom. The Kier molecular flexibility index (Phi) is 5.45. The van der Waals surface area contributed by atoms with Gasteiger partial charge < -0.3 is 10.6 Å². The predicted molar refractivity (Wildman–Crippen MR) is 103 cm³/mol. The minimum Gasteiger partial charge on any atom is -0.340 e. The molecule has 0 spiro atoms. The van der Waals surface area contributed by atoms with E-state index in [4.69, 9.17) is 0 Å². The van der Waals surface area contributed by atoms with Gasteiger partial charge in [0.25, 0.3) is 5.91 Å². The van der Waals surface area contributed by atoms with Gasteiger partial charge in [-0.15, -0.1) is 0 Å². The van der Waals surface area contributed by atoms with Crippen LogP contribution in [0.4, 0.5) is 10.1 Å². The lowest BCUT2D eigenvalue weighted by atomic mass is 10.0. The Labute approximate surface area is 156 Å². The van der Waals surface area contributed by atoms with Crippen molar-refractivity contribution in [3.63, 3.8) is 0 Å². The maximum atomic E-state index is 13.8. The minimum atomic E-state index is -0.816. The standard InChI is InChI=1S/C21H20FN3O2/c1-13(2)19(25-20(26)16-8-4-5-9-17(16)22)21(27)24-15-11-14-7-3-6-10-18(14)23-12-15/h3-13,19H,1-2H3,(H,24,27)(H,25,26). The molecule has 3 aromatic rings. The molecule has 2 aromatic carbocycles. The van der Waals surface area contributed by atoms with E-state index in [1.54, 1.807) is 12.3 Å². The second-order valence-electron chi connectivity index (χ2n) is 6.58. The molecule has 1 unspecified atom stereocenters. The third-order valence-electron chi connectivity index (χ3n) is 4.21. The van der Waals surface area contributed by atoms with E-state index in [1.165, 1.54) is 18.2 Å². The molecular formula is C21H20FN3O2. The Morgan fingerprint density at radius 3 is 2.48 bits per heavy atom. The lowest BCUT2D eigenvalue weighted by Gasteiger charge is -2.22. The van der Waals surface area contributed by atoms with E-state index in [0.29, 0.717) is 5.69 Å². The lowest BCUT2D eigenvalue weighted by Crippen LogP contribution is -2.47. The number of hydrogen-bond donors (Lipinski definition) is 2. The number of rotatable bonds is 5. The summed E-state index contributed by atoms with van der Waals surface area (Å²) < 4.78 is 13.8. The third-order valence-corrected chi connectivity index (χ3v) is 4.21. The van der Waals surface area contributed by atoms with E-state index in [9.17, 15) is 14.0 Å². The molecule has 0 saturated carbocycles. The smallest absolute Gasteiger partial charge is 0.254 e. The highest BCUT2D eigenvalue weighted by Crippen LogP contribution is 2.17. The average molecular weight is 365 g/mol. The SMILES string of the molecule is CC(C)C(NC(=O)c1ccccc1F)C(=O)Nc1cnc2ccccc2c1. The highest BCUT2D eigenvalue weighted by molar-refractivity contribution is 6.02. The first-order valence-corrected chi connectivity index (χ1v) is 8.67. The summed E-state index contributed by atoms with van der Waals surface area (Å²) in [6, 6.07) is 14.2. The van der Waals surface area contributed by atoms with Crippen LogP contribution >= 0.6 is 0 Å². The van der Waals surface area contributed by atoms with Crippen LogP contribution in [-0.4, -0.2) is 22.8 Å². The van der Waals surface area contributed by atoms with Crippen molar-refractivity contribution >= 4 is 28.4 Å². The summed E-state index contributed by atoms with van der Waals surface area (Å²) in [6.45, 7) is 3.62. The summed E-state index contributed by atoms with van der Waals surface area (Å²) in [4.78, 5) is 29.4. The molecule has 2 N–H and O–H groups in total. The Hall–Kier alpha value is -3.28. The Bertz CT molecular complexity index is 988. The van der Waals surface area contributed by atoms with Crippen molar-refractivity contribution < 1.29 is 14.0 Å². The molecule has 1 atom stereocenters. The lowest BCUT2D eigenvalue weighted by molar-refractivity contribution is -0.118. The fourth-order valence-electron chi connectivity index (χ4n) is 2.76. The molecule has 1 aromatic heterocycles. The molecule has 0 aliphatic rings. The number of anilines is 1. The molecule has 0 saturated heterocycles. The molecule has 0 aliphatic heterocycles. The van der Waals surface area contributed by atoms with Crippen LogP contribution in [0.3, 0.4) is 0 Å². The first-order valence-electron chi connectivity index (χ1n) is 8.67. The number of para-hydroxylation sites is 1. The van der Waals surface area contributed by atoms with Gasteiger partial charge in [-0.25, -0.2) is 4.39 Å². The third kappa shape index (κ3) is 4.28. The van der Waals surface area contributed by atoms with E-state index in [1.807, 2.05) is 44.2 Å². The van der Waals surface area contributed by atoms with Gasteiger partial charge in [-0.3, -0.25) is 14.6 Å². The van der Waals surface area contributed by atoms with Gasteiger partial charge in [0.15, 0.2) is 0 Å². The zero-order chi connectivity index (χ0) is 19.4. The van der Waals surface area contributed by atoms with Crippen LogP contribution in [0.5, 0.6) is 0 Å². The van der Waals surface area contributed by atoms with E-state index in [0.717, 1.165) is 10.9 Å². The summed E-state index contributed by atoms with van der Waals surface area (Å²) >= 11 is 0. The highest BCUT2D eigenvalue weighted by atomic mass is 19.1. The molecule has 2 amide bonds. The van der Waals surface area contributed by atoms with Gasteiger partial charge in [-0.2, -0.15) is 0 Å². The average Bonchev–Trinajstić information content (AvgIpc) is 2.65. The van der Waals surface area contributed by atoms with Crippen molar-refractivity contribution in [3.05, 3.63) is 72.2 Å². The molecule has 0 radical (unpaired) electrons. The molecule has 1 heterocycles.